The molecule has 0 spiro atoms. The Morgan fingerprint density at radius 2 is 1.91 bits per heavy atom. The number of nitrogens with one attached hydrogen (secondary N) is 2. The lowest BCUT2D eigenvalue weighted by atomic mass is 9.85. The van der Waals surface area contributed by atoms with Crippen molar-refractivity contribution in [3.63, 3.8) is 0 Å². The van der Waals surface area contributed by atoms with Gasteiger partial charge in [-0.2, -0.15) is 0 Å². The van der Waals surface area contributed by atoms with Crippen LogP contribution in [0, 0.1) is 0 Å². The zero-order valence-electron chi connectivity index (χ0n) is 18.0. The summed E-state index contributed by atoms with van der Waals surface area (Å²) in [6, 6.07) is 15.5. The van der Waals surface area contributed by atoms with Crippen molar-refractivity contribution in [1.29, 1.82) is 0 Å². The van der Waals surface area contributed by atoms with Gasteiger partial charge >= 0.3 is 0 Å². The van der Waals surface area contributed by atoms with Gasteiger partial charge in [-0.3, -0.25) is 9.52 Å². The third-order valence-corrected chi connectivity index (χ3v) is 7.95. The van der Waals surface area contributed by atoms with Crippen molar-refractivity contribution in [3.8, 4) is 5.75 Å². The lowest BCUT2D eigenvalue weighted by molar-refractivity contribution is 0.104. The van der Waals surface area contributed by atoms with Gasteiger partial charge < -0.3 is 10.1 Å². The third-order valence-electron chi connectivity index (χ3n) is 5.17. The van der Waals surface area contributed by atoms with Crippen molar-refractivity contribution in [3.05, 3.63) is 82.7 Å². The van der Waals surface area contributed by atoms with Crippen LogP contribution in [0.2, 0.25) is 0 Å². The largest absolute Gasteiger partial charge is 0.497 e. The van der Waals surface area contributed by atoms with Crippen LogP contribution in [0.25, 0.3) is 5.70 Å². The quantitative estimate of drug-likeness (QED) is 0.404. The fourth-order valence-electron chi connectivity index (χ4n) is 3.69. The Bertz CT molecular complexity index is 1280. The number of thiophene rings is 1. The van der Waals surface area contributed by atoms with Gasteiger partial charge in [-0.15, -0.1) is 11.3 Å². The van der Waals surface area contributed by atoms with Gasteiger partial charge in [0.05, 0.1) is 7.11 Å². The highest BCUT2D eigenvalue weighted by Gasteiger charge is 2.28. The van der Waals surface area contributed by atoms with E-state index in [0.717, 1.165) is 40.3 Å². The number of allylic oxidation sites excluding steroid dienone is 1. The summed E-state index contributed by atoms with van der Waals surface area (Å²) in [6.45, 7) is 4.18. The number of carbonyl (C=O) groups excluding carboxylic acids is 1. The zero-order chi connectivity index (χ0) is 22.9. The summed E-state index contributed by atoms with van der Waals surface area (Å²) < 4.78 is 32.9. The van der Waals surface area contributed by atoms with E-state index in [-0.39, 0.29) is 15.5 Å². The SMILES string of the molecule is COc1ccc2c(c1)/C(=C/C(=O)c1ccc(NS(=O)(=O)c3cccs3)cc1)NC(C)(C)C2. The lowest BCUT2D eigenvalue weighted by Gasteiger charge is -2.35. The molecule has 0 saturated carbocycles. The highest BCUT2D eigenvalue weighted by molar-refractivity contribution is 7.94. The van der Waals surface area contributed by atoms with E-state index in [1.54, 1.807) is 55.0 Å². The van der Waals surface area contributed by atoms with Crippen molar-refractivity contribution >= 4 is 38.5 Å². The molecule has 2 N–H and O–H groups in total. The van der Waals surface area contributed by atoms with Gasteiger partial charge in [0.15, 0.2) is 5.78 Å². The molecular formula is C24H24N2O4S2. The first-order valence-corrected chi connectivity index (χ1v) is 12.4. The van der Waals surface area contributed by atoms with E-state index in [1.165, 1.54) is 0 Å². The maximum Gasteiger partial charge on any atom is 0.271 e. The number of fused-ring (bicyclic) bond motifs is 1. The minimum Gasteiger partial charge on any atom is -0.497 e. The van der Waals surface area contributed by atoms with Crippen LogP contribution < -0.4 is 14.8 Å². The first kappa shape index (κ1) is 22.1. The molecule has 4 rings (SSSR count). The van der Waals surface area contributed by atoms with E-state index >= 15 is 0 Å². The number of anilines is 1. The molecule has 32 heavy (non-hydrogen) atoms. The molecule has 3 aromatic rings. The Labute approximate surface area is 192 Å². The zero-order valence-corrected chi connectivity index (χ0v) is 19.6. The van der Waals surface area contributed by atoms with Gasteiger partial charge in [-0.1, -0.05) is 12.1 Å². The Balaban J connectivity index is 1.59. The van der Waals surface area contributed by atoms with Crippen LogP contribution in [0.3, 0.4) is 0 Å². The molecule has 0 unspecified atom stereocenters. The molecule has 1 aliphatic rings. The molecule has 6 nitrogen and oxygen atoms in total. The highest BCUT2D eigenvalue weighted by Crippen LogP contribution is 2.32. The van der Waals surface area contributed by atoms with E-state index in [4.69, 9.17) is 4.74 Å². The number of benzene rings is 2. The molecule has 0 aliphatic carbocycles. The first-order chi connectivity index (χ1) is 15.2. The number of sulfonamides is 1. The molecule has 0 fully saturated rings. The first-order valence-electron chi connectivity index (χ1n) is 10.0. The topological polar surface area (TPSA) is 84.5 Å². The van der Waals surface area contributed by atoms with Crippen LogP contribution in [0.1, 0.15) is 35.3 Å². The molecule has 1 aliphatic heterocycles. The summed E-state index contributed by atoms with van der Waals surface area (Å²) >= 11 is 1.15. The molecule has 2 heterocycles. The van der Waals surface area contributed by atoms with Gasteiger partial charge in [0.1, 0.15) is 9.96 Å². The minimum absolute atomic E-state index is 0.174. The Morgan fingerprint density at radius 1 is 1.16 bits per heavy atom. The summed E-state index contributed by atoms with van der Waals surface area (Å²) in [7, 11) is -2.01. The van der Waals surface area contributed by atoms with Gasteiger partial charge in [0.25, 0.3) is 10.0 Å². The summed E-state index contributed by atoms with van der Waals surface area (Å²) in [5.74, 6) is 0.553. The minimum atomic E-state index is -3.63. The average Bonchev–Trinajstić information content (AvgIpc) is 3.29. The number of ether oxygens (including phenoxy) is 1. The monoisotopic (exact) mass is 468 g/mol. The number of rotatable bonds is 6. The van der Waals surface area contributed by atoms with Crippen molar-refractivity contribution < 1.29 is 17.9 Å². The Kier molecular flexibility index (Phi) is 5.83. The standard InChI is InChI=1S/C24H24N2O4S2/c1-24(2)15-17-8-11-19(30-3)13-20(17)21(25-24)14-22(27)16-6-9-18(10-7-16)26-32(28,29)23-5-4-12-31-23/h4-14,25-26H,15H2,1-3H3/b21-14-. The van der Waals surface area contributed by atoms with Crippen molar-refractivity contribution in [2.75, 3.05) is 11.8 Å². The molecule has 0 atom stereocenters. The van der Waals surface area contributed by atoms with Crippen LogP contribution in [0.15, 0.2) is 70.3 Å². The number of ketones is 1. The number of hydrogen-bond donors (Lipinski definition) is 2. The molecule has 1 aromatic heterocycles. The maximum atomic E-state index is 13.0. The number of hydrogen-bond acceptors (Lipinski definition) is 6. The van der Waals surface area contributed by atoms with E-state index in [2.05, 4.69) is 23.9 Å². The van der Waals surface area contributed by atoms with Crippen LogP contribution in [-0.4, -0.2) is 26.8 Å². The summed E-state index contributed by atoms with van der Waals surface area (Å²) in [4.78, 5) is 13.0. The van der Waals surface area contributed by atoms with Gasteiger partial charge in [-0.05, 0) is 73.7 Å². The predicted octanol–water partition coefficient (Wildman–Crippen LogP) is 4.71. The van der Waals surface area contributed by atoms with Gasteiger partial charge in [-0.25, -0.2) is 8.42 Å². The fraction of sp³-hybridized carbons (Fsp3) is 0.208. The fourth-order valence-corrected chi connectivity index (χ4v) is 5.74. The van der Waals surface area contributed by atoms with E-state index < -0.39 is 10.0 Å². The summed E-state index contributed by atoms with van der Waals surface area (Å²) in [5, 5.41) is 5.16. The predicted molar refractivity (Wildman–Crippen MR) is 128 cm³/mol. The Morgan fingerprint density at radius 3 is 2.56 bits per heavy atom. The average molecular weight is 469 g/mol. The molecular weight excluding hydrogens is 444 g/mol. The van der Waals surface area contributed by atoms with E-state index in [0.29, 0.717) is 11.3 Å². The highest BCUT2D eigenvalue weighted by atomic mass is 32.2. The molecule has 166 valence electrons. The second kappa shape index (κ2) is 8.44. The molecule has 0 bridgehead atoms. The third kappa shape index (κ3) is 4.71. The normalized spacial score (nSPS) is 16.2. The molecule has 8 heteroatoms. The second-order valence-corrected chi connectivity index (χ2v) is 11.1. The molecule has 2 aromatic carbocycles. The van der Waals surface area contributed by atoms with E-state index in [9.17, 15) is 13.2 Å². The number of carbonyl (C=O) groups is 1. The van der Waals surface area contributed by atoms with Crippen LogP contribution >= 0.6 is 11.3 Å². The Hall–Kier alpha value is -3.10. The second-order valence-electron chi connectivity index (χ2n) is 8.25. The van der Waals surface area contributed by atoms with Crippen molar-refractivity contribution in [2.45, 2.75) is 30.0 Å². The van der Waals surface area contributed by atoms with Crippen molar-refractivity contribution in [2.24, 2.45) is 0 Å². The smallest absolute Gasteiger partial charge is 0.271 e. The van der Waals surface area contributed by atoms with Gasteiger partial charge in [0.2, 0.25) is 0 Å². The maximum absolute atomic E-state index is 13.0. The summed E-state index contributed by atoms with van der Waals surface area (Å²) in [6.07, 6.45) is 2.42. The summed E-state index contributed by atoms with van der Waals surface area (Å²) in [5.41, 5.74) is 3.49. The molecule has 0 saturated heterocycles. The lowest BCUT2D eigenvalue weighted by Crippen LogP contribution is -2.43. The van der Waals surface area contributed by atoms with Gasteiger partial charge in [0, 0.05) is 34.1 Å². The van der Waals surface area contributed by atoms with Crippen LogP contribution in [0.5, 0.6) is 5.75 Å². The van der Waals surface area contributed by atoms with Crippen molar-refractivity contribution in [1.82, 2.24) is 5.32 Å². The molecule has 0 radical (unpaired) electrons. The van der Waals surface area contributed by atoms with Crippen LogP contribution in [0.4, 0.5) is 5.69 Å². The molecule has 0 amide bonds. The van der Waals surface area contributed by atoms with Crippen LogP contribution in [-0.2, 0) is 16.4 Å². The van der Waals surface area contributed by atoms with E-state index in [1.807, 2.05) is 18.2 Å². The number of methoxy groups -OCH3 is 1.